The molecule has 49 heavy (non-hydrogen) atoms. The minimum Gasteiger partial charge on any atom is -0.494 e. The van der Waals surface area contributed by atoms with Crippen molar-refractivity contribution < 1.29 is 24.2 Å². The van der Waals surface area contributed by atoms with Crippen LogP contribution in [0.2, 0.25) is 0 Å². The lowest BCUT2D eigenvalue weighted by Crippen LogP contribution is -2.51. The van der Waals surface area contributed by atoms with E-state index in [9.17, 15) is 19.5 Å². The molecule has 9 nitrogen and oxygen atoms in total. The highest BCUT2D eigenvalue weighted by atomic mass is 32.1. The molecule has 0 saturated heterocycles. The van der Waals surface area contributed by atoms with Crippen LogP contribution in [0.5, 0.6) is 5.75 Å². The number of hydrogen-bond donors (Lipinski definition) is 3. The number of unbranched alkanes of at least 4 members (excludes halogenated alkanes) is 5. The van der Waals surface area contributed by atoms with Crippen LogP contribution in [0.1, 0.15) is 93.3 Å². The third-order valence-electron chi connectivity index (χ3n) is 8.18. The second-order valence-corrected chi connectivity index (χ2v) is 14.4. The molecule has 2 aromatic heterocycles. The average Bonchev–Trinajstić information content (AvgIpc) is 3.60. The Hall–Kier alpha value is -4.57. The lowest BCUT2D eigenvalue weighted by atomic mass is 9.95. The van der Waals surface area contributed by atoms with E-state index in [0.717, 1.165) is 45.9 Å². The van der Waals surface area contributed by atoms with Crippen molar-refractivity contribution in [3.8, 4) is 28.3 Å². The van der Waals surface area contributed by atoms with Crippen LogP contribution < -0.4 is 15.4 Å². The largest absolute Gasteiger partial charge is 0.494 e. The molecule has 0 aliphatic carbocycles. The van der Waals surface area contributed by atoms with Crippen LogP contribution in [0.25, 0.3) is 22.5 Å². The molecule has 260 valence electrons. The van der Waals surface area contributed by atoms with E-state index in [-0.39, 0.29) is 17.7 Å². The molecule has 0 spiro atoms. The van der Waals surface area contributed by atoms with Crippen molar-refractivity contribution in [1.29, 1.82) is 0 Å². The summed E-state index contributed by atoms with van der Waals surface area (Å²) in [4.78, 5) is 48.4. The van der Waals surface area contributed by atoms with Crippen LogP contribution in [0, 0.1) is 0 Å². The van der Waals surface area contributed by atoms with Crippen LogP contribution in [0.4, 0.5) is 0 Å². The van der Waals surface area contributed by atoms with Crippen molar-refractivity contribution in [3.63, 3.8) is 0 Å². The van der Waals surface area contributed by atoms with Gasteiger partial charge in [-0.1, -0.05) is 96.2 Å². The predicted molar refractivity (Wildman–Crippen MR) is 195 cm³/mol. The van der Waals surface area contributed by atoms with Crippen molar-refractivity contribution in [2.45, 2.75) is 97.1 Å². The van der Waals surface area contributed by atoms with Crippen molar-refractivity contribution in [3.05, 3.63) is 88.4 Å². The normalized spacial score (nSPS) is 12.6. The number of benzene rings is 2. The number of amides is 2. The maximum absolute atomic E-state index is 13.2. The van der Waals surface area contributed by atoms with Gasteiger partial charge in [0, 0.05) is 34.8 Å². The molecule has 4 aromatic rings. The van der Waals surface area contributed by atoms with E-state index in [1.807, 2.05) is 54.6 Å². The summed E-state index contributed by atoms with van der Waals surface area (Å²) in [5.41, 5.74) is 3.35. The Morgan fingerprint density at radius 2 is 1.45 bits per heavy atom. The number of carbonyl (C=O) groups is 3. The zero-order valence-corrected chi connectivity index (χ0v) is 29.9. The van der Waals surface area contributed by atoms with E-state index in [1.54, 1.807) is 18.5 Å². The Morgan fingerprint density at radius 1 is 0.816 bits per heavy atom. The van der Waals surface area contributed by atoms with E-state index in [1.165, 1.54) is 50.4 Å². The minimum absolute atomic E-state index is 0.115. The van der Waals surface area contributed by atoms with Gasteiger partial charge in [0.05, 0.1) is 11.5 Å². The van der Waals surface area contributed by atoms with Crippen molar-refractivity contribution in [1.82, 2.24) is 20.6 Å². The SMILES string of the molecule is CCCCCCCCOc1ccc(-c2cnc(-c3ccc(C[C@H](NC(=O)c4ccc(C(C)(C)C)s4)C(=O)N[C@H](C)C(=O)O)cc3)nc2)cc1. The number of carbonyl (C=O) groups excluding carboxylic acids is 2. The molecule has 0 fully saturated rings. The summed E-state index contributed by atoms with van der Waals surface area (Å²) in [5, 5.41) is 14.6. The third kappa shape index (κ3) is 11.2. The molecule has 0 bridgehead atoms. The summed E-state index contributed by atoms with van der Waals surface area (Å²) in [7, 11) is 0. The second kappa shape index (κ2) is 17.7. The van der Waals surface area contributed by atoms with Crippen molar-refractivity contribution >= 4 is 29.1 Å². The number of nitrogens with one attached hydrogen (secondary N) is 2. The number of ether oxygens (including phenoxy) is 1. The van der Waals surface area contributed by atoms with E-state index >= 15 is 0 Å². The van der Waals surface area contributed by atoms with Gasteiger partial charge in [-0.15, -0.1) is 11.3 Å². The van der Waals surface area contributed by atoms with Gasteiger partial charge in [-0.2, -0.15) is 0 Å². The minimum atomic E-state index is -1.16. The van der Waals surface area contributed by atoms with Gasteiger partial charge in [0.2, 0.25) is 5.91 Å². The van der Waals surface area contributed by atoms with Gasteiger partial charge in [-0.25, -0.2) is 9.97 Å². The Bertz CT molecular complexity index is 1660. The second-order valence-electron chi connectivity index (χ2n) is 13.3. The van der Waals surface area contributed by atoms with Crippen LogP contribution in [-0.2, 0) is 21.4 Å². The molecule has 0 radical (unpaired) electrons. The fraction of sp³-hybridized carbons (Fsp3) is 0.410. The topological polar surface area (TPSA) is 131 Å². The molecule has 2 amide bonds. The monoisotopic (exact) mass is 684 g/mol. The number of hydrogen-bond acceptors (Lipinski definition) is 7. The van der Waals surface area contributed by atoms with Crippen LogP contribution in [0.3, 0.4) is 0 Å². The number of nitrogens with zero attached hydrogens (tertiary/aromatic N) is 2. The van der Waals surface area contributed by atoms with Gasteiger partial charge in [-0.05, 0) is 54.2 Å². The predicted octanol–water partition coefficient (Wildman–Crippen LogP) is 7.84. The quantitative estimate of drug-likeness (QED) is 0.0966. The number of rotatable bonds is 17. The molecular formula is C39H48N4O5S. The zero-order chi connectivity index (χ0) is 35.4. The summed E-state index contributed by atoms with van der Waals surface area (Å²) in [6.07, 6.45) is 11.1. The molecule has 0 unspecified atom stereocenters. The fourth-order valence-corrected chi connectivity index (χ4v) is 6.11. The molecule has 2 atom stereocenters. The molecule has 4 rings (SSSR count). The van der Waals surface area contributed by atoms with Gasteiger partial charge in [-0.3, -0.25) is 14.4 Å². The molecule has 10 heteroatoms. The first-order valence-corrected chi connectivity index (χ1v) is 17.8. The van der Waals surface area contributed by atoms with E-state index in [2.05, 4.69) is 48.3 Å². The highest BCUT2D eigenvalue weighted by Crippen LogP contribution is 2.29. The van der Waals surface area contributed by atoms with E-state index in [4.69, 9.17) is 4.74 Å². The Labute approximate surface area is 293 Å². The lowest BCUT2D eigenvalue weighted by Gasteiger charge is -2.20. The first-order valence-electron chi connectivity index (χ1n) is 17.0. The van der Waals surface area contributed by atoms with E-state index in [0.29, 0.717) is 10.7 Å². The Kier molecular flexibility index (Phi) is 13.5. The number of aliphatic carboxylic acids is 1. The molecule has 0 aliphatic heterocycles. The summed E-state index contributed by atoms with van der Waals surface area (Å²) < 4.78 is 5.91. The zero-order valence-electron chi connectivity index (χ0n) is 29.1. The van der Waals surface area contributed by atoms with E-state index < -0.39 is 24.0 Å². The molecule has 0 saturated carbocycles. The summed E-state index contributed by atoms with van der Waals surface area (Å²) in [5.74, 6) is -0.710. The number of carboxylic acid groups (broad SMARTS) is 1. The lowest BCUT2D eigenvalue weighted by molar-refractivity contribution is -0.141. The summed E-state index contributed by atoms with van der Waals surface area (Å²) in [6, 6.07) is 17.0. The third-order valence-corrected chi connectivity index (χ3v) is 9.69. The van der Waals surface area contributed by atoms with Gasteiger partial charge in [0.15, 0.2) is 5.82 Å². The highest BCUT2D eigenvalue weighted by molar-refractivity contribution is 7.14. The van der Waals surface area contributed by atoms with Crippen LogP contribution in [-0.4, -0.2) is 51.5 Å². The maximum Gasteiger partial charge on any atom is 0.325 e. The number of aromatic nitrogens is 2. The van der Waals surface area contributed by atoms with Gasteiger partial charge in [0.1, 0.15) is 17.8 Å². The van der Waals surface area contributed by atoms with Crippen molar-refractivity contribution in [2.24, 2.45) is 0 Å². The van der Waals surface area contributed by atoms with Gasteiger partial charge < -0.3 is 20.5 Å². The average molecular weight is 685 g/mol. The molecule has 2 heterocycles. The van der Waals surface area contributed by atoms with Crippen LogP contribution >= 0.6 is 11.3 Å². The summed E-state index contributed by atoms with van der Waals surface area (Å²) >= 11 is 1.37. The van der Waals surface area contributed by atoms with Crippen molar-refractivity contribution in [2.75, 3.05) is 6.61 Å². The van der Waals surface area contributed by atoms with Gasteiger partial charge in [0.25, 0.3) is 5.91 Å². The molecule has 2 aromatic carbocycles. The fourth-order valence-electron chi connectivity index (χ4n) is 5.15. The number of carboxylic acids is 1. The standard InChI is InChI=1S/C39H48N4O5S/c1-6-7-8-9-10-11-22-48-31-18-16-28(17-19-31)30-24-40-35(41-25-30)29-14-12-27(13-15-29)23-32(36(44)42-26(2)38(46)47)43-37(45)33-20-21-34(49-33)39(3,4)5/h12-21,24-26,32H,6-11,22-23H2,1-5H3,(H,42,44)(H,43,45)(H,46,47)/t26-,32+/m1/s1. The Balaban J connectivity index is 1.38. The molecular weight excluding hydrogens is 637 g/mol. The Morgan fingerprint density at radius 3 is 2.06 bits per heavy atom. The first kappa shape index (κ1) is 37.3. The maximum atomic E-state index is 13.2. The number of thiophene rings is 1. The first-order chi connectivity index (χ1) is 23.4. The van der Waals surface area contributed by atoms with Crippen LogP contribution in [0.15, 0.2) is 73.1 Å². The van der Waals surface area contributed by atoms with Gasteiger partial charge >= 0.3 is 5.97 Å². The molecule has 3 N–H and O–H groups in total. The smallest absolute Gasteiger partial charge is 0.325 e. The molecule has 0 aliphatic rings. The summed E-state index contributed by atoms with van der Waals surface area (Å²) in [6.45, 7) is 10.5. The highest BCUT2D eigenvalue weighted by Gasteiger charge is 2.26.